The van der Waals surface area contributed by atoms with Crippen molar-refractivity contribution in [2.75, 3.05) is 0 Å². The number of hydrogen-bond acceptors (Lipinski definition) is 5. The topological polar surface area (TPSA) is 41.7 Å². The second-order valence-corrected chi connectivity index (χ2v) is 17.4. The van der Waals surface area contributed by atoms with Crippen LogP contribution in [-0.2, 0) is 0 Å². The molecule has 0 fully saturated rings. The number of amidine groups is 2. The Morgan fingerprint density at radius 3 is 2.14 bits per heavy atom. The van der Waals surface area contributed by atoms with Crippen molar-refractivity contribution >= 4 is 98.6 Å². The zero-order chi connectivity index (χ0) is 37.5. The van der Waals surface area contributed by atoms with Crippen LogP contribution in [0.25, 0.3) is 81.0 Å². The minimum Gasteiger partial charge on any atom is -0.347 e. The fourth-order valence-electron chi connectivity index (χ4n) is 9.01. The Balaban J connectivity index is 0.886. The van der Waals surface area contributed by atoms with Crippen molar-refractivity contribution in [3.05, 3.63) is 173 Å². The first kappa shape index (κ1) is 32.9. The lowest BCUT2D eigenvalue weighted by Crippen LogP contribution is -2.44. The number of nitrogens with one attached hydrogen (secondary N) is 1. The predicted octanol–water partition coefficient (Wildman–Crippen LogP) is 11.7. The summed E-state index contributed by atoms with van der Waals surface area (Å²) < 4.78 is 7.68. The van der Waals surface area contributed by atoms with Gasteiger partial charge in [-0.25, -0.2) is 9.98 Å². The summed E-state index contributed by atoms with van der Waals surface area (Å²) in [6.07, 6.45) is 14.5. The molecule has 1 N–H and O–H groups in total. The number of nitrogens with zero attached hydrogens (tertiary/aromatic N) is 3. The number of thiophene rings is 2. The highest BCUT2D eigenvalue weighted by Gasteiger charge is 2.27. The summed E-state index contributed by atoms with van der Waals surface area (Å²) in [5.41, 5.74) is 8.39. The molecule has 0 saturated heterocycles. The van der Waals surface area contributed by atoms with E-state index >= 15 is 0 Å². The molecule has 6 heteroatoms. The molecule has 9 aromatic rings. The lowest BCUT2D eigenvalue weighted by molar-refractivity contribution is 0.504. The Morgan fingerprint density at radius 2 is 1.33 bits per heavy atom. The average molecular weight is 769 g/mol. The standard InChI is InChI=1S/C51H36N4S2/c1-3-11-31(12-4-1)49-52-50(32-13-5-2-6-14-32)54-51(53-49)35-20-24-41-42-27-33(21-26-45(42)56-47(41)29-35)34-19-23-39-40-25-22-36(30-48(40)57-46(39)28-34)55-43-17-9-7-15-37(43)38-16-8-10-18-44(38)55/h1,3-5,7-19,21-30,35,51H,2,6,20H2,(H,52,53,54). The Labute approximate surface area is 337 Å². The van der Waals surface area contributed by atoms with E-state index in [1.54, 1.807) is 0 Å². The van der Waals surface area contributed by atoms with Gasteiger partial charge in [0.1, 0.15) is 12.0 Å². The molecular formula is C51H36N4S2. The number of hydrogen-bond donors (Lipinski definition) is 1. The quantitative estimate of drug-likeness (QED) is 0.186. The van der Waals surface area contributed by atoms with Gasteiger partial charge in [-0.15, -0.1) is 22.7 Å². The van der Waals surface area contributed by atoms with Crippen LogP contribution >= 0.6 is 22.7 Å². The van der Waals surface area contributed by atoms with Crippen LogP contribution in [-0.4, -0.2) is 22.4 Å². The van der Waals surface area contributed by atoms with Crippen LogP contribution in [0.4, 0.5) is 0 Å². The van der Waals surface area contributed by atoms with Crippen LogP contribution in [0, 0.1) is 5.92 Å². The van der Waals surface area contributed by atoms with E-state index in [-0.39, 0.29) is 12.1 Å². The maximum atomic E-state index is 5.22. The largest absolute Gasteiger partial charge is 0.347 e. The number of aliphatic imine (C=N–C) groups is 2. The number of aromatic nitrogens is 1. The zero-order valence-electron chi connectivity index (χ0n) is 31.0. The highest BCUT2D eigenvalue weighted by Crippen LogP contribution is 2.40. The molecule has 272 valence electrons. The van der Waals surface area contributed by atoms with Gasteiger partial charge in [0, 0.05) is 68.3 Å². The highest BCUT2D eigenvalue weighted by molar-refractivity contribution is 7.25. The van der Waals surface area contributed by atoms with Crippen molar-refractivity contribution in [2.24, 2.45) is 15.9 Å². The molecule has 3 aromatic heterocycles. The smallest absolute Gasteiger partial charge is 0.158 e. The van der Waals surface area contributed by atoms with Gasteiger partial charge in [0.2, 0.25) is 0 Å². The molecule has 57 heavy (non-hydrogen) atoms. The van der Waals surface area contributed by atoms with Crippen LogP contribution < -0.4 is 15.1 Å². The summed E-state index contributed by atoms with van der Waals surface area (Å²) in [6.45, 7) is 0. The number of allylic oxidation sites excluding steroid dienone is 2. The van der Waals surface area contributed by atoms with E-state index in [0.717, 1.165) is 42.1 Å². The van der Waals surface area contributed by atoms with Crippen molar-refractivity contribution in [3.63, 3.8) is 0 Å². The summed E-state index contributed by atoms with van der Waals surface area (Å²) in [6, 6.07) is 48.9. The minimum atomic E-state index is -0.0970. The van der Waals surface area contributed by atoms with E-state index in [0.29, 0.717) is 0 Å². The molecule has 6 aromatic carbocycles. The monoisotopic (exact) mass is 768 g/mol. The third-order valence-electron chi connectivity index (χ3n) is 11.8. The molecule has 12 rings (SSSR count). The predicted molar refractivity (Wildman–Crippen MR) is 245 cm³/mol. The van der Waals surface area contributed by atoms with Crippen LogP contribution in [0.15, 0.2) is 167 Å². The molecule has 0 amide bonds. The van der Waals surface area contributed by atoms with Crippen molar-refractivity contribution < 1.29 is 0 Å². The van der Waals surface area contributed by atoms with E-state index in [4.69, 9.17) is 9.98 Å². The third kappa shape index (κ3) is 5.47. The Morgan fingerprint density at radius 1 is 0.596 bits per heavy atom. The van der Waals surface area contributed by atoms with Gasteiger partial charge in [0.25, 0.3) is 0 Å². The molecule has 1 aliphatic heterocycles. The SMILES string of the molecule is C1=CC(C2=NC(C3C=c4sc5ccc(-c6ccc7c(c6)sc6cc(-n8c9ccccc9c9ccccc98)ccc67)cc5c4=CC3)NC(c3ccccc3)=N2)=CCC1. The van der Waals surface area contributed by atoms with Crippen molar-refractivity contribution in [2.45, 2.75) is 25.4 Å². The van der Waals surface area contributed by atoms with Crippen LogP contribution in [0.1, 0.15) is 24.8 Å². The van der Waals surface area contributed by atoms with Gasteiger partial charge in [0.15, 0.2) is 5.84 Å². The van der Waals surface area contributed by atoms with Crippen LogP contribution in [0.3, 0.4) is 0 Å². The van der Waals surface area contributed by atoms with E-state index in [1.807, 2.05) is 22.7 Å². The summed E-state index contributed by atoms with van der Waals surface area (Å²) in [4.78, 5) is 10.2. The Kier molecular flexibility index (Phi) is 7.57. The molecule has 2 unspecified atom stereocenters. The molecule has 2 aliphatic carbocycles. The van der Waals surface area contributed by atoms with Crippen molar-refractivity contribution in [1.82, 2.24) is 9.88 Å². The summed E-state index contributed by atoms with van der Waals surface area (Å²) in [5, 5.41) is 11.6. The molecule has 0 saturated carbocycles. The summed E-state index contributed by atoms with van der Waals surface area (Å²) in [5.74, 6) is 1.94. The normalized spacial score (nSPS) is 17.9. The molecule has 0 radical (unpaired) electrons. The number of fused-ring (bicyclic) bond motifs is 9. The second kappa shape index (κ2) is 13.1. The van der Waals surface area contributed by atoms with Gasteiger partial charge in [-0.1, -0.05) is 121 Å². The number of benzene rings is 6. The molecule has 0 spiro atoms. The minimum absolute atomic E-state index is 0.0970. The van der Waals surface area contributed by atoms with E-state index in [1.165, 1.54) is 78.6 Å². The first-order chi connectivity index (χ1) is 28.2. The van der Waals surface area contributed by atoms with Gasteiger partial charge < -0.3 is 9.88 Å². The van der Waals surface area contributed by atoms with E-state index in [9.17, 15) is 0 Å². The van der Waals surface area contributed by atoms with E-state index < -0.39 is 0 Å². The molecule has 4 nitrogen and oxygen atoms in total. The van der Waals surface area contributed by atoms with Gasteiger partial charge in [-0.05, 0) is 78.1 Å². The summed E-state index contributed by atoms with van der Waals surface area (Å²) in [7, 11) is 0. The fraction of sp³-hybridized carbons (Fsp3) is 0.0980. The van der Waals surface area contributed by atoms with Crippen molar-refractivity contribution in [3.8, 4) is 16.8 Å². The van der Waals surface area contributed by atoms with E-state index in [2.05, 4.69) is 174 Å². The first-order valence-electron chi connectivity index (χ1n) is 19.8. The molecule has 0 bridgehead atoms. The van der Waals surface area contributed by atoms with Gasteiger partial charge in [0.05, 0.1) is 11.0 Å². The Bertz CT molecular complexity index is 3320. The maximum absolute atomic E-state index is 5.22. The van der Waals surface area contributed by atoms with Crippen molar-refractivity contribution in [1.29, 1.82) is 0 Å². The van der Waals surface area contributed by atoms with Gasteiger partial charge >= 0.3 is 0 Å². The van der Waals surface area contributed by atoms with Crippen LogP contribution in [0.2, 0.25) is 0 Å². The fourth-order valence-corrected chi connectivity index (χ4v) is 11.4. The first-order valence-corrected chi connectivity index (χ1v) is 21.4. The van der Waals surface area contributed by atoms with Gasteiger partial charge in [-0.2, -0.15) is 0 Å². The number of para-hydroxylation sites is 2. The average Bonchev–Trinajstić information content (AvgIpc) is 3.95. The molecular weight excluding hydrogens is 733 g/mol. The molecule has 4 heterocycles. The highest BCUT2D eigenvalue weighted by atomic mass is 32.1. The third-order valence-corrected chi connectivity index (χ3v) is 14.1. The lowest BCUT2D eigenvalue weighted by Gasteiger charge is -2.28. The van der Waals surface area contributed by atoms with Gasteiger partial charge in [-0.3, -0.25) is 0 Å². The number of rotatable bonds is 5. The Hall–Kier alpha value is -6.34. The summed E-state index contributed by atoms with van der Waals surface area (Å²) >= 11 is 3.78. The molecule has 2 atom stereocenters. The zero-order valence-corrected chi connectivity index (χ0v) is 32.7. The lowest BCUT2D eigenvalue weighted by atomic mass is 9.95. The molecule has 3 aliphatic rings. The second-order valence-electron chi connectivity index (χ2n) is 15.2. The maximum Gasteiger partial charge on any atom is 0.158 e. The van der Waals surface area contributed by atoms with Crippen LogP contribution in [0.5, 0.6) is 0 Å².